The number of nitrogens with zero attached hydrogens (tertiary/aromatic N) is 4. The number of halogens is 6. The molecule has 8 rings (SSSR count). The van der Waals surface area contributed by atoms with E-state index in [1.165, 1.54) is 27.9 Å². The van der Waals surface area contributed by atoms with Crippen molar-refractivity contribution in [2.24, 2.45) is 0 Å². The molecule has 4 atom stereocenters. The Balaban J connectivity index is 0.000000179. The van der Waals surface area contributed by atoms with E-state index in [2.05, 4.69) is 38.7 Å². The highest BCUT2D eigenvalue weighted by atomic mass is 19.3. The van der Waals surface area contributed by atoms with Crippen LogP contribution in [0.15, 0.2) is 116 Å². The molecule has 59 heavy (non-hydrogen) atoms. The zero-order chi connectivity index (χ0) is 41.3. The van der Waals surface area contributed by atoms with Crippen molar-refractivity contribution in [1.29, 1.82) is 0 Å². The molecule has 16 heteroatoms. The van der Waals surface area contributed by atoms with Crippen molar-refractivity contribution < 1.29 is 54.8 Å². The molecule has 10 nitrogen and oxygen atoms in total. The van der Waals surface area contributed by atoms with Gasteiger partial charge >= 0.3 is 13.2 Å². The van der Waals surface area contributed by atoms with Crippen LogP contribution < -0.4 is 9.47 Å². The van der Waals surface area contributed by atoms with E-state index in [1.54, 1.807) is 42.6 Å². The third-order valence-corrected chi connectivity index (χ3v) is 9.63. The Hall–Kier alpha value is -5.68. The zero-order valence-corrected chi connectivity index (χ0v) is 31.7. The Kier molecular flexibility index (Phi) is 13.6. The predicted molar refractivity (Wildman–Crippen MR) is 203 cm³/mol. The van der Waals surface area contributed by atoms with Crippen molar-refractivity contribution in [3.8, 4) is 34.0 Å². The third kappa shape index (κ3) is 10.7. The lowest BCUT2D eigenvalue weighted by molar-refractivity contribution is -0.175. The van der Waals surface area contributed by atoms with E-state index in [0.29, 0.717) is 29.3 Å². The fourth-order valence-corrected chi connectivity index (χ4v) is 6.65. The lowest BCUT2D eigenvalue weighted by Crippen LogP contribution is -2.34. The Morgan fingerprint density at radius 1 is 0.576 bits per heavy atom. The van der Waals surface area contributed by atoms with Crippen LogP contribution in [0.25, 0.3) is 22.5 Å². The molecule has 0 amide bonds. The monoisotopic (exact) mass is 822 g/mol. The molecule has 0 bridgehead atoms. The molecule has 0 N–H and O–H groups in total. The van der Waals surface area contributed by atoms with E-state index in [4.69, 9.17) is 18.9 Å². The molecule has 4 aromatic carbocycles. The fourth-order valence-electron chi connectivity index (χ4n) is 6.65. The molecular weight excluding hydrogens is 782 g/mol. The van der Waals surface area contributed by atoms with Gasteiger partial charge in [0.1, 0.15) is 23.7 Å². The number of aryl methyl sites for hydroxylation is 1. The molecule has 0 saturated carbocycles. The van der Waals surface area contributed by atoms with Crippen LogP contribution in [0.3, 0.4) is 0 Å². The van der Waals surface area contributed by atoms with Gasteiger partial charge < -0.3 is 28.4 Å². The van der Waals surface area contributed by atoms with Gasteiger partial charge in [-0.05, 0) is 60.5 Å². The van der Waals surface area contributed by atoms with E-state index in [0.717, 1.165) is 17.3 Å². The number of rotatable bonds is 14. The van der Waals surface area contributed by atoms with Crippen LogP contribution in [-0.4, -0.2) is 83.6 Å². The summed E-state index contributed by atoms with van der Waals surface area (Å²) in [5.74, 6) is -0.840. The number of hydrogen-bond donors (Lipinski definition) is 0. The van der Waals surface area contributed by atoms with Crippen LogP contribution in [0, 0.1) is 18.6 Å². The quantitative estimate of drug-likeness (QED) is 0.101. The van der Waals surface area contributed by atoms with Gasteiger partial charge in [0.05, 0.1) is 50.9 Å². The summed E-state index contributed by atoms with van der Waals surface area (Å²) in [7, 11) is 0. The van der Waals surface area contributed by atoms with Gasteiger partial charge in [-0.25, -0.2) is 8.78 Å². The van der Waals surface area contributed by atoms with Gasteiger partial charge in [-0.1, -0.05) is 60.7 Å². The van der Waals surface area contributed by atoms with Crippen LogP contribution in [-0.2, 0) is 32.0 Å². The summed E-state index contributed by atoms with van der Waals surface area (Å²) in [5, 5.41) is 9.09. The van der Waals surface area contributed by atoms with Crippen molar-refractivity contribution in [1.82, 2.24) is 19.6 Å². The van der Waals surface area contributed by atoms with Crippen LogP contribution in [0.4, 0.5) is 26.3 Å². The first-order chi connectivity index (χ1) is 28.6. The molecule has 2 aromatic heterocycles. The summed E-state index contributed by atoms with van der Waals surface area (Å²) in [5.41, 5.74) is 5.27. The summed E-state index contributed by atoms with van der Waals surface area (Å²) in [6, 6.07) is 30.2. The number of para-hydroxylation sites is 2. The fraction of sp³-hybridized carbons (Fsp3) is 0.302. The molecule has 2 fully saturated rings. The third-order valence-electron chi connectivity index (χ3n) is 9.63. The molecule has 310 valence electrons. The van der Waals surface area contributed by atoms with Gasteiger partial charge in [-0.2, -0.15) is 27.8 Å². The number of hydrogen-bond acceptors (Lipinski definition) is 8. The molecule has 0 aliphatic carbocycles. The molecule has 2 saturated heterocycles. The highest BCUT2D eigenvalue weighted by Gasteiger charge is 2.35. The van der Waals surface area contributed by atoms with E-state index in [9.17, 15) is 26.3 Å². The Bertz CT molecular complexity index is 2290. The lowest BCUT2D eigenvalue weighted by Gasteiger charge is -2.20. The minimum atomic E-state index is -2.92. The van der Waals surface area contributed by atoms with Gasteiger partial charge in [-0.15, -0.1) is 0 Å². The number of ether oxygens (including phenoxy) is 6. The molecule has 2 unspecified atom stereocenters. The second kappa shape index (κ2) is 19.4. The van der Waals surface area contributed by atoms with Crippen molar-refractivity contribution in [3.63, 3.8) is 0 Å². The van der Waals surface area contributed by atoms with Crippen molar-refractivity contribution in [2.45, 2.75) is 57.7 Å². The Morgan fingerprint density at radius 2 is 1.03 bits per heavy atom. The first kappa shape index (κ1) is 41.5. The second-order valence-corrected chi connectivity index (χ2v) is 13.7. The number of benzene rings is 4. The number of alkyl halides is 4. The van der Waals surface area contributed by atoms with Crippen LogP contribution in [0.2, 0.25) is 0 Å². The standard InChI is InChI=1S/C22H22F2N2O3.C21H18F4N2O3/c1-15-6-2-3-7-16(15)12-26-11-10-18(25-26)17-8-4-5-9-19(17)28-20-13-27-14-21(20)29-22(23)24;22-15-6-3-4-13(20(15)23)10-27-9-8-16(26-27)14-5-1-2-7-17(14)29-18-11-28-12-19(18)30-21(24)25/h2-11,20-22H,12-14H2,1H3;1-9,18-19,21H,10-12H2/t20-,21?;18-,19?/m11/s1. The lowest BCUT2D eigenvalue weighted by atomic mass is 10.1. The average molecular weight is 823 g/mol. The smallest absolute Gasteiger partial charge is 0.345 e. The van der Waals surface area contributed by atoms with E-state index in [-0.39, 0.29) is 38.5 Å². The molecule has 6 aromatic rings. The van der Waals surface area contributed by atoms with E-state index in [1.807, 2.05) is 47.3 Å². The summed E-state index contributed by atoms with van der Waals surface area (Å²) >= 11 is 0. The SMILES string of the molecule is Cc1ccccc1Cn1ccc(-c2ccccc2O[C@@H]2COCC2OC(F)F)n1.Fc1cccc(Cn2ccc(-c3ccccc3O[C@@H]3COCC3OC(F)F)n2)c1F. The van der Waals surface area contributed by atoms with Crippen LogP contribution in [0.5, 0.6) is 11.5 Å². The summed E-state index contributed by atoms with van der Waals surface area (Å²) < 4.78 is 113. The molecular formula is C43H40F6N4O6. The molecule has 0 radical (unpaired) electrons. The van der Waals surface area contributed by atoms with Crippen LogP contribution >= 0.6 is 0 Å². The normalized spacial score (nSPS) is 18.9. The minimum Gasteiger partial charge on any atom is -0.484 e. The summed E-state index contributed by atoms with van der Waals surface area (Å²) in [4.78, 5) is 0. The van der Waals surface area contributed by atoms with Crippen molar-refractivity contribution >= 4 is 0 Å². The first-order valence-corrected chi connectivity index (χ1v) is 18.7. The Morgan fingerprint density at radius 3 is 1.56 bits per heavy atom. The number of aromatic nitrogens is 4. The largest absolute Gasteiger partial charge is 0.484 e. The summed E-state index contributed by atoms with van der Waals surface area (Å²) in [6.07, 6.45) is 0.578. The van der Waals surface area contributed by atoms with Crippen molar-refractivity contribution in [3.05, 3.63) is 144 Å². The van der Waals surface area contributed by atoms with Crippen molar-refractivity contribution in [2.75, 3.05) is 26.4 Å². The molecule has 2 aliphatic heterocycles. The van der Waals surface area contributed by atoms with E-state index >= 15 is 0 Å². The predicted octanol–water partition coefficient (Wildman–Crippen LogP) is 8.55. The van der Waals surface area contributed by atoms with Gasteiger partial charge in [0.2, 0.25) is 0 Å². The first-order valence-electron chi connectivity index (χ1n) is 18.7. The summed E-state index contributed by atoms with van der Waals surface area (Å²) in [6.45, 7) is -2.56. The molecule has 0 spiro atoms. The van der Waals surface area contributed by atoms with Gasteiger partial charge in [0.15, 0.2) is 23.8 Å². The minimum absolute atomic E-state index is 0.0188. The van der Waals surface area contributed by atoms with Gasteiger partial charge in [0, 0.05) is 29.1 Å². The highest BCUT2D eigenvalue weighted by molar-refractivity contribution is 5.67. The zero-order valence-electron chi connectivity index (χ0n) is 31.7. The van der Waals surface area contributed by atoms with Gasteiger partial charge in [-0.3, -0.25) is 9.36 Å². The second-order valence-electron chi connectivity index (χ2n) is 13.7. The topological polar surface area (TPSA) is 91.0 Å². The maximum Gasteiger partial charge on any atom is 0.345 e. The van der Waals surface area contributed by atoms with Gasteiger partial charge in [0.25, 0.3) is 0 Å². The van der Waals surface area contributed by atoms with E-state index < -0.39 is 49.3 Å². The molecule has 2 aliphatic rings. The van der Waals surface area contributed by atoms with Crippen LogP contribution in [0.1, 0.15) is 16.7 Å². The molecule has 4 heterocycles. The Labute approximate surface area is 335 Å². The average Bonchev–Trinajstić information content (AvgIpc) is 4.05. The maximum absolute atomic E-state index is 13.9. The maximum atomic E-state index is 13.9. The highest BCUT2D eigenvalue weighted by Crippen LogP contribution is 2.33.